The zero-order chi connectivity index (χ0) is 15.0. The molecule has 1 aliphatic heterocycles. The summed E-state index contributed by atoms with van der Waals surface area (Å²) < 4.78 is 12.8. The molecule has 0 unspecified atom stereocenters. The largest absolute Gasteiger partial charge is 0.344 e. The van der Waals surface area contributed by atoms with Gasteiger partial charge in [0.25, 0.3) is 0 Å². The molecule has 0 amide bonds. The summed E-state index contributed by atoms with van der Waals surface area (Å²) in [6.07, 6.45) is 5.42. The van der Waals surface area contributed by atoms with E-state index in [1.165, 1.54) is 25.7 Å². The second kappa shape index (κ2) is 4.01. The summed E-state index contributed by atoms with van der Waals surface area (Å²) in [6.45, 7) is 16.1. The third-order valence-electron chi connectivity index (χ3n) is 7.44. The molecular weight excluding hydrogens is 248 g/mol. The Balaban J connectivity index is 2.07. The minimum Gasteiger partial charge on any atom is -0.344 e. The van der Waals surface area contributed by atoms with E-state index in [1.54, 1.807) is 0 Å². The first-order chi connectivity index (χ1) is 9.09. The Bertz CT molecular complexity index is 414. The van der Waals surface area contributed by atoms with Crippen molar-refractivity contribution in [2.24, 2.45) is 22.7 Å². The normalized spacial score (nSPS) is 52.6. The molecule has 116 valence electrons. The first-order valence-electron chi connectivity index (χ1n) is 8.47. The third kappa shape index (κ3) is 1.58. The van der Waals surface area contributed by atoms with Crippen LogP contribution in [0.4, 0.5) is 0 Å². The minimum atomic E-state index is -0.437. The van der Waals surface area contributed by atoms with Crippen LogP contribution in [0.3, 0.4) is 0 Å². The van der Waals surface area contributed by atoms with Crippen molar-refractivity contribution < 1.29 is 9.47 Å². The number of fused-ring (bicyclic) bond motifs is 2. The highest BCUT2D eigenvalue weighted by molar-refractivity contribution is 5.17. The SMILES string of the molecule is CC[C@]12C[C@@H]3OC(C)(C)O[C@@]3(C)C(C)(C)[C@@H]1CC[C@H]2C. The molecule has 2 aliphatic carbocycles. The summed E-state index contributed by atoms with van der Waals surface area (Å²) in [6, 6.07) is 0. The van der Waals surface area contributed by atoms with E-state index in [0.717, 1.165) is 11.8 Å². The quantitative estimate of drug-likeness (QED) is 0.689. The lowest BCUT2D eigenvalue weighted by molar-refractivity contribution is -0.203. The van der Waals surface area contributed by atoms with Gasteiger partial charge in [0.1, 0.15) is 5.60 Å². The molecule has 0 aromatic heterocycles. The highest BCUT2D eigenvalue weighted by atomic mass is 16.8. The van der Waals surface area contributed by atoms with Gasteiger partial charge in [0.05, 0.1) is 6.10 Å². The summed E-state index contributed by atoms with van der Waals surface area (Å²) in [7, 11) is 0. The van der Waals surface area contributed by atoms with Crippen LogP contribution in [-0.2, 0) is 9.47 Å². The van der Waals surface area contributed by atoms with Crippen LogP contribution in [0.2, 0.25) is 0 Å². The predicted octanol–water partition coefficient (Wildman–Crippen LogP) is 4.77. The third-order valence-corrected chi connectivity index (χ3v) is 7.44. The van der Waals surface area contributed by atoms with E-state index >= 15 is 0 Å². The molecule has 5 atom stereocenters. The molecule has 0 bridgehead atoms. The molecule has 2 heteroatoms. The Morgan fingerprint density at radius 3 is 2.30 bits per heavy atom. The summed E-state index contributed by atoms with van der Waals surface area (Å²) in [5.74, 6) is 1.13. The molecule has 1 heterocycles. The lowest BCUT2D eigenvalue weighted by atomic mass is 9.48. The summed E-state index contributed by atoms with van der Waals surface area (Å²) in [5.41, 5.74) is 0.478. The highest BCUT2D eigenvalue weighted by Gasteiger charge is 2.69. The molecule has 1 saturated heterocycles. The first kappa shape index (κ1) is 14.8. The van der Waals surface area contributed by atoms with E-state index in [0.29, 0.717) is 5.41 Å². The molecule has 0 N–H and O–H groups in total. The average Bonchev–Trinajstić information content (AvgIpc) is 2.76. The van der Waals surface area contributed by atoms with Gasteiger partial charge in [0, 0.05) is 0 Å². The van der Waals surface area contributed by atoms with Crippen molar-refractivity contribution >= 4 is 0 Å². The fourth-order valence-electron chi connectivity index (χ4n) is 6.03. The molecule has 20 heavy (non-hydrogen) atoms. The van der Waals surface area contributed by atoms with Crippen molar-refractivity contribution in [1.29, 1.82) is 0 Å². The van der Waals surface area contributed by atoms with Gasteiger partial charge in [-0.1, -0.05) is 27.7 Å². The van der Waals surface area contributed by atoms with Gasteiger partial charge in [-0.3, -0.25) is 0 Å². The van der Waals surface area contributed by atoms with Crippen LogP contribution >= 0.6 is 0 Å². The van der Waals surface area contributed by atoms with Crippen LogP contribution in [0.5, 0.6) is 0 Å². The highest BCUT2D eigenvalue weighted by Crippen LogP contribution is 2.69. The van der Waals surface area contributed by atoms with Crippen molar-refractivity contribution in [3.8, 4) is 0 Å². The maximum absolute atomic E-state index is 6.47. The van der Waals surface area contributed by atoms with Gasteiger partial charge in [0.15, 0.2) is 5.79 Å². The molecule has 0 radical (unpaired) electrons. The number of hydrogen-bond donors (Lipinski definition) is 0. The molecule has 0 aromatic rings. The minimum absolute atomic E-state index is 0.149. The number of rotatable bonds is 1. The molecule has 0 spiro atoms. The van der Waals surface area contributed by atoms with Gasteiger partial charge in [-0.15, -0.1) is 0 Å². The maximum Gasteiger partial charge on any atom is 0.164 e. The molecule has 2 saturated carbocycles. The Kier molecular flexibility index (Phi) is 2.98. The predicted molar refractivity (Wildman–Crippen MR) is 81.5 cm³/mol. The van der Waals surface area contributed by atoms with Gasteiger partial charge >= 0.3 is 0 Å². The van der Waals surface area contributed by atoms with E-state index in [2.05, 4.69) is 48.5 Å². The van der Waals surface area contributed by atoms with Gasteiger partial charge < -0.3 is 9.47 Å². The van der Waals surface area contributed by atoms with E-state index in [-0.39, 0.29) is 17.1 Å². The van der Waals surface area contributed by atoms with Gasteiger partial charge in [-0.2, -0.15) is 0 Å². The standard InChI is InChI=1S/C18H32O2/c1-8-18-11-14-17(7,20-16(5,6)19-14)15(3,4)13(18)10-9-12(18)2/h12-14H,8-11H2,1-7H3/t12-,13+,14+,17-,18-/m1/s1. The van der Waals surface area contributed by atoms with Crippen molar-refractivity contribution in [1.82, 2.24) is 0 Å². The second-order valence-electron chi connectivity index (χ2n) is 8.76. The summed E-state index contributed by atoms with van der Waals surface area (Å²) >= 11 is 0. The molecule has 2 nitrogen and oxygen atoms in total. The zero-order valence-electron chi connectivity index (χ0n) is 14.4. The Morgan fingerprint density at radius 1 is 1.05 bits per heavy atom. The van der Waals surface area contributed by atoms with Gasteiger partial charge in [-0.25, -0.2) is 0 Å². The van der Waals surface area contributed by atoms with Gasteiger partial charge in [-0.05, 0) is 69.1 Å². The molecule has 3 fully saturated rings. The molecule has 3 rings (SSSR count). The zero-order valence-corrected chi connectivity index (χ0v) is 14.4. The smallest absolute Gasteiger partial charge is 0.164 e. The van der Waals surface area contributed by atoms with E-state index in [4.69, 9.17) is 9.47 Å². The van der Waals surface area contributed by atoms with Crippen molar-refractivity contribution in [2.75, 3.05) is 0 Å². The van der Waals surface area contributed by atoms with Crippen LogP contribution in [0.1, 0.15) is 74.1 Å². The monoisotopic (exact) mass is 280 g/mol. The van der Waals surface area contributed by atoms with Crippen LogP contribution in [-0.4, -0.2) is 17.5 Å². The lowest BCUT2D eigenvalue weighted by Gasteiger charge is -2.59. The average molecular weight is 280 g/mol. The van der Waals surface area contributed by atoms with Crippen LogP contribution < -0.4 is 0 Å². The lowest BCUT2D eigenvalue weighted by Crippen LogP contribution is -2.62. The molecule has 0 aromatic carbocycles. The topological polar surface area (TPSA) is 18.5 Å². The second-order valence-corrected chi connectivity index (χ2v) is 8.76. The van der Waals surface area contributed by atoms with Crippen LogP contribution in [0.25, 0.3) is 0 Å². The number of ether oxygens (including phenoxy) is 2. The van der Waals surface area contributed by atoms with E-state index in [1.807, 2.05) is 0 Å². The van der Waals surface area contributed by atoms with Crippen molar-refractivity contribution in [2.45, 2.75) is 91.6 Å². The Morgan fingerprint density at radius 2 is 1.70 bits per heavy atom. The van der Waals surface area contributed by atoms with Gasteiger partial charge in [0.2, 0.25) is 0 Å². The summed E-state index contributed by atoms with van der Waals surface area (Å²) in [4.78, 5) is 0. The fraction of sp³-hybridized carbons (Fsp3) is 1.00. The Labute approximate surface area is 124 Å². The molecule has 3 aliphatic rings. The van der Waals surface area contributed by atoms with Crippen molar-refractivity contribution in [3.63, 3.8) is 0 Å². The number of hydrogen-bond acceptors (Lipinski definition) is 2. The van der Waals surface area contributed by atoms with E-state index < -0.39 is 5.79 Å². The first-order valence-corrected chi connectivity index (χ1v) is 8.47. The molecular formula is C18H32O2. The van der Waals surface area contributed by atoms with Crippen molar-refractivity contribution in [3.05, 3.63) is 0 Å². The Hall–Kier alpha value is -0.0800. The maximum atomic E-state index is 6.47. The summed E-state index contributed by atoms with van der Waals surface area (Å²) in [5, 5.41) is 0. The fourth-order valence-corrected chi connectivity index (χ4v) is 6.03. The van der Waals surface area contributed by atoms with E-state index in [9.17, 15) is 0 Å². The van der Waals surface area contributed by atoms with Crippen LogP contribution in [0, 0.1) is 22.7 Å². The van der Waals surface area contributed by atoms with Crippen LogP contribution in [0.15, 0.2) is 0 Å².